The van der Waals surface area contributed by atoms with Crippen LogP contribution in [-0.4, -0.2) is 17.0 Å². The van der Waals surface area contributed by atoms with E-state index < -0.39 is 18.0 Å². The maximum absolute atomic E-state index is 10.9. The maximum Gasteiger partial charge on any atom is 0.318 e. The normalized spacial score (nSPS) is 12.1. The molecule has 1 atom stereocenters. The smallest absolute Gasteiger partial charge is 0.318 e. The van der Waals surface area contributed by atoms with Crippen LogP contribution in [0.4, 0.5) is 4.79 Å². The van der Waals surface area contributed by atoms with E-state index in [1.807, 2.05) is 0 Å². The number of hydrogen-bond donors (Lipinski definition) is 3. The van der Waals surface area contributed by atoms with Crippen LogP contribution in [0, 0.1) is 0 Å². The third-order valence-electron chi connectivity index (χ3n) is 1.31. The Bertz CT molecular complexity index is 306. The summed E-state index contributed by atoms with van der Waals surface area (Å²) in [7, 11) is 0. The number of carbonyl (C=O) groups is 2. The van der Waals surface area contributed by atoms with Crippen LogP contribution in [0.15, 0.2) is 22.8 Å². The Morgan fingerprint density at radius 1 is 1.62 bits per heavy atom. The fourth-order valence-electron chi connectivity index (χ4n) is 0.766. The van der Waals surface area contributed by atoms with Gasteiger partial charge in [-0.1, -0.05) is 0 Å². The van der Waals surface area contributed by atoms with Gasteiger partial charge in [-0.15, -0.1) is 0 Å². The van der Waals surface area contributed by atoms with Crippen LogP contribution in [0.25, 0.3) is 0 Å². The summed E-state index contributed by atoms with van der Waals surface area (Å²) < 4.78 is 4.74. The van der Waals surface area contributed by atoms with Crippen molar-refractivity contribution < 1.29 is 19.1 Å². The molecule has 1 aromatic rings. The van der Waals surface area contributed by atoms with Crippen LogP contribution in [-0.2, 0) is 4.79 Å². The van der Waals surface area contributed by atoms with E-state index in [1.165, 1.54) is 18.4 Å². The average Bonchev–Trinajstić information content (AvgIpc) is 2.53. The molecule has 1 aromatic heterocycles. The Morgan fingerprint density at radius 3 is 2.77 bits per heavy atom. The minimum Gasteiger partial charge on any atom is -0.466 e. The van der Waals surface area contributed by atoms with E-state index in [0.717, 1.165) is 0 Å². The van der Waals surface area contributed by atoms with Gasteiger partial charge in [0.25, 0.3) is 5.91 Å². The van der Waals surface area contributed by atoms with Gasteiger partial charge in [0.05, 0.1) is 6.26 Å². The second kappa shape index (κ2) is 3.72. The van der Waals surface area contributed by atoms with Crippen molar-refractivity contribution >= 4 is 11.9 Å². The zero-order valence-corrected chi connectivity index (χ0v) is 6.56. The average molecular weight is 184 g/mol. The van der Waals surface area contributed by atoms with E-state index in [-0.39, 0.29) is 5.76 Å². The molecule has 0 fully saturated rings. The number of furan rings is 1. The molecule has 6 nitrogen and oxygen atoms in total. The number of urea groups is 1. The van der Waals surface area contributed by atoms with E-state index in [2.05, 4.69) is 5.73 Å². The Hall–Kier alpha value is -1.82. The lowest BCUT2D eigenvalue weighted by atomic mass is 10.2. The van der Waals surface area contributed by atoms with E-state index in [9.17, 15) is 14.7 Å². The molecular weight excluding hydrogens is 176 g/mol. The first-order chi connectivity index (χ1) is 6.11. The zero-order valence-electron chi connectivity index (χ0n) is 6.56. The molecule has 4 N–H and O–H groups in total. The second-order valence-electron chi connectivity index (χ2n) is 2.27. The number of aliphatic hydroxyl groups excluding tert-OH is 1. The lowest BCUT2D eigenvalue weighted by molar-refractivity contribution is -0.129. The van der Waals surface area contributed by atoms with Gasteiger partial charge in [0.1, 0.15) is 5.76 Å². The third-order valence-corrected chi connectivity index (χ3v) is 1.31. The van der Waals surface area contributed by atoms with Gasteiger partial charge < -0.3 is 15.3 Å². The van der Waals surface area contributed by atoms with Crippen molar-refractivity contribution in [3.05, 3.63) is 24.2 Å². The maximum atomic E-state index is 10.9. The van der Waals surface area contributed by atoms with Crippen LogP contribution < -0.4 is 11.1 Å². The van der Waals surface area contributed by atoms with Gasteiger partial charge in [-0.25, -0.2) is 4.79 Å². The number of nitrogens with two attached hydrogens (primary N) is 1. The molecule has 13 heavy (non-hydrogen) atoms. The Labute approximate surface area is 73.3 Å². The van der Waals surface area contributed by atoms with E-state index in [1.54, 1.807) is 5.32 Å². The summed E-state index contributed by atoms with van der Waals surface area (Å²) in [6.45, 7) is 0. The van der Waals surface area contributed by atoms with Crippen molar-refractivity contribution in [2.75, 3.05) is 0 Å². The molecule has 6 heteroatoms. The van der Waals surface area contributed by atoms with Gasteiger partial charge in [0.2, 0.25) is 0 Å². The fraction of sp³-hybridized carbons (Fsp3) is 0.143. The summed E-state index contributed by atoms with van der Waals surface area (Å²) in [5.41, 5.74) is 4.67. The number of imide groups is 1. The summed E-state index contributed by atoms with van der Waals surface area (Å²) in [5, 5.41) is 10.9. The number of rotatable bonds is 2. The molecule has 1 rings (SSSR count). The summed E-state index contributed by atoms with van der Waals surface area (Å²) in [5.74, 6) is -0.860. The molecule has 3 amide bonds. The highest BCUT2D eigenvalue weighted by Crippen LogP contribution is 2.12. The van der Waals surface area contributed by atoms with E-state index in [0.29, 0.717) is 0 Å². The molecule has 0 aliphatic rings. The quantitative estimate of drug-likeness (QED) is 0.576. The Morgan fingerprint density at radius 2 is 2.31 bits per heavy atom. The molecule has 0 saturated heterocycles. The summed E-state index contributed by atoms with van der Waals surface area (Å²) in [4.78, 5) is 21.2. The number of carbonyl (C=O) groups excluding carboxylic acids is 2. The SMILES string of the molecule is NC(=O)NC(=O)C(O)c1ccco1. The molecular formula is C7H8N2O4. The molecule has 0 saturated carbocycles. The van der Waals surface area contributed by atoms with Crippen LogP contribution in [0.1, 0.15) is 11.9 Å². The van der Waals surface area contributed by atoms with Crippen molar-refractivity contribution in [2.24, 2.45) is 5.73 Å². The Kier molecular flexibility index (Phi) is 2.65. The van der Waals surface area contributed by atoms with E-state index in [4.69, 9.17) is 4.42 Å². The first-order valence-corrected chi connectivity index (χ1v) is 3.43. The number of hydrogen-bond acceptors (Lipinski definition) is 4. The molecule has 0 aliphatic carbocycles. The summed E-state index contributed by atoms with van der Waals surface area (Å²) >= 11 is 0. The third kappa shape index (κ3) is 2.31. The standard InChI is InChI=1S/C7H8N2O4/c8-7(12)9-6(11)5(10)4-2-1-3-13-4/h1-3,5,10H,(H3,8,9,11,12). The molecule has 0 bridgehead atoms. The Balaban J connectivity index is 2.63. The van der Waals surface area contributed by atoms with Crippen LogP contribution in [0.2, 0.25) is 0 Å². The largest absolute Gasteiger partial charge is 0.466 e. The van der Waals surface area contributed by atoms with Crippen molar-refractivity contribution in [2.45, 2.75) is 6.10 Å². The van der Waals surface area contributed by atoms with Crippen LogP contribution >= 0.6 is 0 Å². The monoisotopic (exact) mass is 184 g/mol. The van der Waals surface area contributed by atoms with Crippen LogP contribution in [0.3, 0.4) is 0 Å². The first kappa shape index (κ1) is 9.27. The minimum absolute atomic E-state index is 0.0544. The molecule has 0 aromatic carbocycles. The van der Waals surface area contributed by atoms with Crippen LogP contribution in [0.5, 0.6) is 0 Å². The molecule has 70 valence electrons. The number of amides is 3. The minimum atomic E-state index is -1.51. The highest BCUT2D eigenvalue weighted by Gasteiger charge is 2.20. The van der Waals surface area contributed by atoms with Crippen molar-refractivity contribution in [3.63, 3.8) is 0 Å². The highest BCUT2D eigenvalue weighted by atomic mass is 16.4. The zero-order chi connectivity index (χ0) is 9.84. The second-order valence-corrected chi connectivity index (χ2v) is 2.27. The lowest BCUT2D eigenvalue weighted by Gasteiger charge is -2.05. The highest BCUT2D eigenvalue weighted by molar-refractivity contribution is 5.95. The topological polar surface area (TPSA) is 106 Å². The number of nitrogens with one attached hydrogen (secondary N) is 1. The number of primary amides is 1. The van der Waals surface area contributed by atoms with Gasteiger partial charge in [-0.3, -0.25) is 10.1 Å². The van der Waals surface area contributed by atoms with Gasteiger partial charge in [0, 0.05) is 0 Å². The summed E-state index contributed by atoms with van der Waals surface area (Å²) in [6.07, 6.45) is -0.210. The summed E-state index contributed by atoms with van der Waals surface area (Å²) in [6, 6.07) is 1.90. The van der Waals surface area contributed by atoms with Crippen molar-refractivity contribution in [3.8, 4) is 0 Å². The van der Waals surface area contributed by atoms with Gasteiger partial charge in [-0.2, -0.15) is 0 Å². The lowest BCUT2D eigenvalue weighted by Crippen LogP contribution is -2.38. The molecule has 0 aliphatic heterocycles. The van der Waals surface area contributed by atoms with Crippen molar-refractivity contribution in [1.82, 2.24) is 5.32 Å². The van der Waals surface area contributed by atoms with Gasteiger partial charge in [0.15, 0.2) is 6.10 Å². The van der Waals surface area contributed by atoms with Gasteiger partial charge >= 0.3 is 6.03 Å². The van der Waals surface area contributed by atoms with E-state index >= 15 is 0 Å². The molecule has 1 unspecified atom stereocenters. The fourth-order valence-corrected chi connectivity index (χ4v) is 0.766. The number of aliphatic hydroxyl groups is 1. The van der Waals surface area contributed by atoms with Crippen molar-refractivity contribution in [1.29, 1.82) is 0 Å². The molecule has 0 spiro atoms. The molecule has 1 heterocycles. The predicted octanol–water partition coefficient (Wildman–Crippen LogP) is -0.492. The van der Waals surface area contributed by atoms with Gasteiger partial charge in [-0.05, 0) is 12.1 Å². The first-order valence-electron chi connectivity index (χ1n) is 3.43. The predicted molar refractivity (Wildman–Crippen MR) is 41.4 cm³/mol. The molecule has 0 radical (unpaired) electrons.